The molecule has 0 spiro atoms. The Labute approximate surface area is 192 Å². The van der Waals surface area contributed by atoms with E-state index in [2.05, 4.69) is 6.92 Å². The second-order valence-corrected chi connectivity index (χ2v) is 8.38. The van der Waals surface area contributed by atoms with Crippen LogP contribution in [-0.4, -0.2) is 29.4 Å². The molecule has 0 saturated heterocycles. The van der Waals surface area contributed by atoms with Crippen LogP contribution < -0.4 is 51.4 Å². The molecule has 0 amide bonds. The van der Waals surface area contributed by atoms with Crippen LogP contribution in [0.1, 0.15) is 104 Å². The maximum Gasteiger partial charge on any atom is 1.00 e. The summed E-state index contributed by atoms with van der Waals surface area (Å²) >= 11 is 0. The van der Waals surface area contributed by atoms with Crippen LogP contribution in [0.3, 0.4) is 0 Å². The van der Waals surface area contributed by atoms with E-state index in [0.717, 1.165) is 19.3 Å². The van der Waals surface area contributed by atoms with Gasteiger partial charge in [0, 0.05) is 5.25 Å². The van der Waals surface area contributed by atoms with E-state index < -0.39 is 15.4 Å². The second-order valence-electron chi connectivity index (χ2n) is 6.72. The SMILES string of the molecule is CCCCCCCCCCC(O)CCCCC(CC)S(=O)(=O)[O-].[K+]. The van der Waals surface area contributed by atoms with Crippen LogP contribution in [0.25, 0.3) is 0 Å². The van der Waals surface area contributed by atoms with Crippen LogP contribution in [0, 0.1) is 0 Å². The first kappa shape index (κ1) is 27.7. The average molecular weight is 389 g/mol. The van der Waals surface area contributed by atoms with Crippen molar-refractivity contribution in [1.82, 2.24) is 0 Å². The molecule has 2 unspecified atom stereocenters. The van der Waals surface area contributed by atoms with Gasteiger partial charge in [0.2, 0.25) is 0 Å². The molecule has 0 aliphatic carbocycles. The van der Waals surface area contributed by atoms with Crippen LogP contribution in [0.2, 0.25) is 0 Å². The van der Waals surface area contributed by atoms with Gasteiger partial charge in [0.05, 0.1) is 16.2 Å². The molecular formula is C18H37KO4S. The standard InChI is InChI=1S/C18H38O4S.K/c1-3-5-6-7-8-9-10-11-14-17(19)15-12-13-16-18(4-2)23(20,21)22;/h17-19H,3-16H2,1-2H3,(H,20,21,22);/q;+1/p-1. The fourth-order valence-electron chi connectivity index (χ4n) is 2.96. The van der Waals surface area contributed by atoms with Crippen molar-refractivity contribution in [2.75, 3.05) is 0 Å². The first-order chi connectivity index (χ1) is 10.9. The molecule has 0 heterocycles. The monoisotopic (exact) mass is 388 g/mol. The Morgan fingerprint density at radius 1 is 0.792 bits per heavy atom. The van der Waals surface area contributed by atoms with Gasteiger partial charge in [0.15, 0.2) is 0 Å². The predicted octanol–water partition coefficient (Wildman–Crippen LogP) is 1.77. The fraction of sp³-hybridized carbons (Fsp3) is 1.00. The average Bonchev–Trinajstić information content (AvgIpc) is 2.48. The van der Waals surface area contributed by atoms with E-state index in [4.69, 9.17) is 0 Å². The molecular weight excluding hydrogens is 351 g/mol. The Morgan fingerprint density at radius 2 is 1.21 bits per heavy atom. The zero-order valence-corrected chi connectivity index (χ0v) is 20.1. The minimum Gasteiger partial charge on any atom is -0.748 e. The van der Waals surface area contributed by atoms with Crippen LogP contribution in [0.15, 0.2) is 0 Å². The Kier molecular flexibility index (Phi) is 20.7. The Morgan fingerprint density at radius 3 is 1.67 bits per heavy atom. The Bertz CT molecular complexity index is 360. The number of unbranched alkanes of at least 4 members (excludes halogenated alkanes) is 8. The zero-order chi connectivity index (χ0) is 17.6. The molecule has 24 heavy (non-hydrogen) atoms. The molecule has 0 aliphatic heterocycles. The third-order valence-corrected chi connectivity index (χ3v) is 5.95. The Balaban J connectivity index is 0. The molecule has 0 bridgehead atoms. The first-order valence-corrected chi connectivity index (χ1v) is 11.0. The summed E-state index contributed by atoms with van der Waals surface area (Å²) in [5.41, 5.74) is 0. The van der Waals surface area contributed by atoms with Crippen LogP contribution in [0.5, 0.6) is 0 Å². The second kappa shape index (κ2) is 17.9. The number of aliphatic hydroxyl groups excluding tert-OH is 1. The van der Waals surface area contributed by atoms with Gasteiger partial charge in [0.25, 0.3) is 0 Å². The maximum atomic E-state index is 11.0. The molecule has 2 atom stereocenters. The summed E-state index contributed by atoms with van der Waals surface area (Å²) in [6, 6.07) is 0. The topological polar surface area (TPSA) is 77.4 Å². The molecule has 0 radical (unpaired) electrons. The van der Waals surface area contributed by atoms with E-state index in [0.29, 0.717) is 25.7 Å². The Hall–Kier alpha value is 1.51. The molecule has 0 aromatic rings. The van der Waals surface area contributed by atoms with Gasteiger partial charge in [-0.25, -0.2) is 8.42 Å². The van der Waals surface area contributed by atoms with E-state index in [1.165, 1.54) is 44.9 Å². The summed E-state index contributed by atoms with van der Waals surface area (Å²) in [5, 5.41) is 9.17. The number of hydrogen-bond donors (Lipinski definition) is 1. The van der Waals surface area contributed by atoms with Gasteiger partial charge in [-0.05, 0) is 25.7 Å². The summed E-state index contributed by atoms with van der Waals surface area (Å²) in [7, 11) is -4.16. The van der Waals surface area contributed by atoms with Crippen LogP contribution in [-0.2, 0) is 10.1 Å². The van der Waals surface area contributed by atoms with E-state index in [-0.39, 0.29) is 57.5 Å². The van der Waals surface area contributed by atoms with Crippen molar-refractivity contribution in [3.8, 4) is 0 Å². The molecule has 140 valence electrons. The van der Waals surface area contributed by atoms with E-state index in [1.807, 2.05) is 0 Å². The van der Waals surface area contributed by atoms with E-state index in [1.54, 1.807) is 6.92 Å². The smallest absolute Gasteiger partial charge is 0.748 e. The molecule has 0 aromatic heterocycles. The van der Waals surface area contributed by atoms with Crippen molar-refractivity contribution >= 4 is 10.1 Å². The van der Waals surface area contributed by atoms with Crippen molar-refractivity contribution in [2.24, 2.45) is 0 Å². The van der Waals surface area contributed by atoms with Gasteiger partial charge in [-0.2, -0.15) is 0 Å². The van der Waals surface area contributed by atoms with Gasteiger partial charge >= 0.3 is 51.4 Å². The first-order valence-electron chi connectivity index (χ1n) is 9.54. The van der Waals surface area contributed by atoms with Gasteiger partial charge in [0.1, 0.15) is 0 Å². The van der Waals surface area contributed by atoms with E-state index >= 15 is 0 Å². The minimum atomic E-state index is -4.16. The number of aliphatic hydroxyl groups is 1. The molecule has 6 heteroatoms. The molecule has 0 saturated carbocycles. The summed E-state index contributed by atoms with van der Waals surface area (Å²) in [6.07, 6.45) is 13.7. The van der Waals surface area contributed by atoms with Crippen molar-refractivity contribution in [2.45, 2.75) is 115 Å². The summed E-state index contributed by atoms with van der Waals surface area (Å²) in [4.78, 5) is 0. The van der Waals surface area contributed by atoms with Crippen molar-refractivity contribution in [3.63, 3.8) is 0 Å². The van der Waals surface area contributed by atoms with Gasteiger partial charge in [-0.15, -0.1) is 0 Å². The van der Waals surface area contributed by atoms with Gasteiger partial charge in [-0.3, -0.25) is 0 Å². The van der Waals surface area contributed by atoms with Crippen molar-refractivity contribution in [1.29, 1.82) is 0 Å². The third-order valence-electron chi connectivity index (χ3n) is 4.57. The molecule has 0 fully saturated rings. The number of hydrogen-bond acceptors (Lipinski definition) is 4. The molecule has 4 nitrogen and oxygen atoms in total. The van der Waals surface area contributed by atoms with Gasteiger partial charge < -0.3 is 9.66 Å². The molecule has 0 rings (SSSR count). The molecule has 0 aliphatic rings. The van der Waals surface area contributed by atoms with Crippen molar-refractivity contribution in [3.05, 3.63) is 0 Å². The normalized spacial score (nSPS) is 14.2. The predicted molar refractivity (Wildman–Crippen MR) is 95.5 cm³/mol. The maximum absolute atomic E-state index is 11.0. The third kappa shape index (κ3) is 16.9. The summed E-state index contributed by atoms with van der Waals surface area (Å²) in [6.45, 7) is 3.96. The van der Waals surface area contributed by atoms with E-state index in [9.17, 15) is 18.1 Å². The summed E-state index contributed by atoms with van der Waals surface area (Å²) in [5.74, 6) is 0. The molecule has 0 aromatic carbocycles. The number of rotatable bonds is 16. The largest absolute Gasteiger partial charge is 1.00 e. The van der Waals surface area contributed by atoms with Gasteiger partial charge in [-0.1, -0.05) is 78.1 Å². The quantitative estimate of drug-likeness (QED) is 0.248. The van der Waals surface area contributed by atoms with Crippen LogP contribution >= 0.6 is 0 Å². The van der Waals surface area contributed by atoms with Crippen molar-refractivity contribution < 1.29 is 69.5 Å². The fourth-order valence-corrected chi connectivity index (χ4v) is 3.83. The summed E-state index contributed by atoms with van der Waals surface area (Å²) < 4.78 is 32.9. The zero-order valence-electron chi connectivity index (χ0n) is 16.1. The molecule has 1 N–H and O–H groups in total. The minimum absolute atomic E-state index is 0. The van der Waals surface area contributed by atoms with Crippen LogP contribution in [0.4, 0.5) is 0 Å².